The van der Waals surface area contributed by atoms with Gasteiger partial charge in [-0.05, 0) is 42.0 Å². The summed E-state index contributed by atoms with van der Waals surface area (Å²) in [5.74, 6) is 2.39. The topological polar surface area (TPSA) is 104 Å². The van der Waals surface area contributed by atoms with Crippen LogP contribution in [0.5, 0.6) is 11.5 Å². The molecular weight excluding hydrogens is 526 g/mol. The quantitative estimate of drug-likeness (QED) is 0.254. The summed E-state index contributed by atoms with van der Waals surface area (Å²) >= 11 is 7.86. The van der Waals surface area contributed by atoms with Gasteiger partial charge in [-0.3, -0.25) is 9.36 Å². The van der Waals surface area contributed by atoms with Gasteiger partial charge in [0, 0.05) is 17.8 Å². The van der Waals surface area contributed by atoms with E-state index in [0.29, 0.717) is 45.7 Å². The highest BCUT2D eigenvalue weighted by Crippen LogP contribution is 2.33. The fourth-order valence-corrected chi connectivity index (χ4v) is 4.95. The minimum absolute atomic E-state index is 0.197. The summed E-state index contributed by atoms with van der Waals surface area (Å²) in [5.41, 5.74) is 2.75. The van der Waals surface area contributed by atoms with Gasteiger partial charge in [0.2, 0.25) is 12.7 Å². The average molecular weight is 546 g/mol. The van der Waals surface area contributed by atoms with Crippen molar-refractivity contribution in [1.29, 1.82) is 0 Å². The lowest BCUT2D eigenvalue weighted by molar-refractivity contribution is 0.0945. The molecule has 1 amide bonds. The van der Waals surface area contributed by atoms with Crippen LogP contribution in [0.4, 0.5) is 0 Å². The van der Waals surface area contributed by atoms with E-state index in [-0.39, 0.29) is 18.4 Å². The Hall–Kier alpha value is -4.28. The van der Waals surface area contributed by atoms with Crippen LogP contribution in [0.3, 0.4) is 0 Å². The molecule has 9 nitrogen and oxygen atoms in total. The van der Waals surface area contributed by atoms with E-state index in [9.17, 15) is 4.79 Å². The number of benzene rings is 3. The van der Waals surface area contributed by atoms with E-state index in [2.05, 4.69) is 20.5 Å². The summed E-state index contributed by atoms with van der Waals surface area (Å²) in [6.07, 6.45) is 1.35. The Balaban J connectivity index is 1.15. The number of ether oxygens (including phenoxy) is 2. The summed E-state index contributed by atoms with van der Waals surface area (Å²) in [7, 11) is 0. The number of oxazole rings is 1. The summed E-state index contributed by atoms with van der Waals surface area (Å²) in [5, 5.41) is 12.9. The van der Waals surface area contributed by atoms with Crippen LogP contribution < -0.4 is 14.8 Å². The van der Waals surface area contributed by atoms with Crippen LogP contribution in [-0.4, -0.2) is 32.4 Å². The van der Waals surface area contributed by atoms with Crippen molar-refractivity contribution in [3.05, 3.63) is 101 Å². The summed E-state index contributed by atoms with van der Waals surface area (Å²) < 4.78 is 18.2. The van der Waals surface area contributed by atoms with Gasteiger partial charge < -0.3 is 19.2 Å². The zero-order chi connectivity index (χ0) is 25.9. The fourth-order valence-electron chi connectivity index (χ4n) is 3.92. The van der Waals surface area contributed by atoms with Crippen molar-refractivity contribution in [2.24, 2.45) is 0 Å². The van der Waals surface area contributed by atoms with Gasteiger partial charge in [0.15, 0.2) is 28.2 Å². The normalized spacial score (nSPS) is 12.0. The lowest BCUT2D eigenvalue weighted by atomic mass is 10.2. The number of carbonyl (C=O) groups excluding carboxylic acids is 1. The molecule has 0 spiro atoms. The minimum atomic E-state index is -0.337. The van der Waals surface area contributed by atoms with Gasteiger partial charge in [0.1, 0.15) is 6.26 Å². The molecule has 0 saturated heterocycles. The molecule has 11 heteroatoms. The minimum Gasteiger partial charge on any atom is -0.454 e. The lowest BCUT2D eigenvalue weighted by Gasteiger charge is -2.10. The average Bonchev–Trinajstić information content (AvgIpc) is 3.71. The van der Waals surface area contributed by atoms with E-state index in [0.717, 1.165) is 16.8 Å². The third-order valence-corrected chi connectivity index (χ3v) is 7.00. The van der Waals surface area contributed by atoms with Crippen molar-refractivity contribution in [3.8, 4) is 28.6 Å². The molecular formula is C27H20ClN5O4S. The van der Waals surface area contributed by atoms with E-state index in [1.54, 1.807) is 0 Å². The number of halogens is 1. The predicted octanol–water partition coefficient (Wildman–Crippen LogP) is 5.53. The van der Waals surface area contributed by atoms with E-state index < -0.39 is 0 Å². The number of hydrogen-bond acceptors (Lipinski definition) is 8. The maximum Gasteiger partial charge on any atom is 0.273 e. The number of hydrogen-bond donors (Lipinski definition) is 1. The van der Waals surface area contributed by atoms with Crippen molar-refractivity contribution >= 4 is 29.3 Å². The highest BCUT2D eigenvalue weighted by atomic mass is 35.5. The Morgan fingerprint density at radius 3 is 2.68 bits per heavy atom. The highest BCUT2D eigenvalue weighted by Gasteiger charge is 2.20. The van der Waals surface area contributed by atoms with Crippen LogP contribution in [0, 0.1) is 0 Å². The first-order valence-electron chi connectivity index (χ1n) is 11.7. The summed E-state index contributed by atoms with van der Waals surface area (Å²) in [4.78, 5) is 17.0. The summed E-state index contributed by atoms with van der Waals surface area (Å²) in [6, 6.07) is 22.8. The van der Waals surface area contributed by atoms with Gasteiger partial charge in [0.05, 0.1) is 10.8 Å². The number of nitrogens with zero attached hydrogens (tertiary/aromatic N) is 4. The molecule has 38 heavy (non-hydrogen) atoms. The molecule has 0 saturated carbocycles. The molecule has 1 N–H and O–H groups in total. The van der Waals surface area contributed by atoms with Crippen LogP contribution in [0.25, 0.3) is 17.1 Å². The van der Waals surface area contributed by atoms with Crippen LogP contribution in [0.1, 0.15) is 21.9 Å². The molecule has 5 aromatic rings. The molecule has 0 fully saturated rings. The van der Waals surface area contributed by atoms with Crippen molar-refractivity contribution < 1.29 is 18.7 Å². The number of rotatable bonds is 8. The van der Waals surface area contributed by atoms with Crippen LogP contribution in [0.15, 0.2) is 88.6 Å². The lowest BCUT2D eigenvalue weighted by Crippen LogP contribution is -2.23. The molecule has 3 aromatic carbocycles. The monoisotopic (exact) mass is 545 g/mol. The number of para-hydroxylation sites is 1. The molecule has 2 aromatic heterocycles. The first-order chi connectivity index (χ1) is 18.7. The molecule has 3 heterocycles. The van der Waals surface area contributed by atoms with Gasteiger partial charge >= 0.3 is 0 Å². The largest absolute Gasteiger partial charge is 0.454 e. The highest BCUT2D eigenvalue weighted by molar-refractivity contribution is 7.98. The molecule has 0 unspecified atom stereocenters. The number of fused-ring (bicyclic) bond motifs is 1. The first-order valence-corrected chi connectivity index (χ1v) is 13.0. The number of carbonyl (C=O) groups is 1. The second-order valence-corrected chi connectivity index (χ2v) is 9.59. The zero-order valence-corrected chi connectivity index (χ0v) is 21.4. The number of amides is 1. The van der Waals surface area contributed by atoms with Gasteiger partial charge in [-0.15, -0.1) is 10.2 Å². The molecule has 1 aliphatic heterocycles. The molecule has 0 radical (unpaired) electrons. The molecule has 1 aliphatic rings. The van der Waals surface area contributed by atoms with Gasteiger partial charge in [0.25, 0.3) is 5.91 Å². The predicted molar refractivity (Wildman–Crippen MR) is 142 cm³/mol. The van der Waals surface area contributed by atoms with E-state index in [1.807, 2.05) is 77.4 Å². The molecule has 6 rings (SSSR count). The standard InChI is InChI=1S/C27H20ClN5O4S/c28-20-9-5-4-8-19(20)25-31-32-27(33(25)18-6-2-1-3-7-18)38-15-24-30-21(14-35-24)26(34)29-13-17-10-11-22-23(12-17)37-16-36-22/h1-12,14H,13,15-16H2,(H,29,34). The Bertz CT molecular complexity index is 1600. The maximum atomic E-state index is 12.6. The maximum absolute atomic E-state index is 12.6. The van der Waals surface area contributed by atoms with Crippen LogP contribution in [-0.2, 0) is 12.3 Å². The van der Waals surface area contributed by atoms with Gasteiger partial charge in [-0.1, -0.05) is 59.8 Å². The first kappa shape index (κ1) is 24.1. The molecule has 0 aliphatic carbocycles. The van der Waals surface area contributed by atoms with Gasteiger partial charge in [-0.2, -0.15) is 0 Å². The van der Waals surface area contributed by atoms with Crippen molar-refractivity contribution in [3.63, 3.8) is 0 Å². The third-order valence-electron chi connectivity index (χ3n) is 5.76. The Kier molecular flexibility index (Phi) is 6.72. The zero-order valence-electron chi connectivity index (χ0n) is 19.8. The van der Waals surface area contributed by atoms with Crippen LogP contribution in [0.2, 0.25) is 5.02 Å². The SMILES string of the molecule is O=C(NCc1ccc2c(c1)OCO2)c1coc(CSc2nnc(-c3ccccc3Cl)n2-c2ccccc2)n1. The molecule has 190 valence electrons. The molecule has 0 atom stereocenters. The number of aromatic nitrogens is 4. The Morgan fingerprint density at radius 2 is 1.82 bits per heavy atom. The number of thioether (sulfide) groups is 1. The second kappa shape index (κ2) is 10.6. The van der Waals surface area contributed by atoms with E-state index in [4.69, 9.17) is 25.5 Å². The van der Waals surface area contributed by atoms with Crippen molar-refractivity contribution in [1.82, 2.24) is 25.1 Å². The number of nitrogens with one attached hydrogen (secondary N) is 1. The summed E-state index contributed by atoms with van der Waals surface area (Å²) in [6.45, 7) is 0.519. The molecule has 0 bridgehead atoms. The third kappa shape index (κ3) is 4.96. The van der Waals surface area contributed by atoms with Crippen molar-refractivity contribution in [2.75, 3.05) is 6.79 Å². The van der Waals surface area contributed by atoms with Crippen molar-refractivity contribution in [2.45, 2.75) is 17.5 Å². The fraction of sp³-hybridized carbons (Fsp3) is 0.111. The smallest absolute Gasteiger partial charge is 0.273 e. The van der Waals surface area contributed by atoms with Crippen LogP contribution >= 0.6 is 23.4 Å². The van der Waals surface area contributed by atoms with Gasteiger partial charge in [-0.25, -0.2) is 4.98 Å². The second-order valence-electron chi connectivity index (χ2n) is 8.24. The van der Waals surface area contributed by atoms with E-state index in [1.165, 1.54) is 18.0 Å². The Morgan fingerprint density at radius 1 is 1.00 bits per heavy atom. The Labute approximate surface area is 226 Å². The van der Waals surface area contributed by atoms with E-state index >= 15 is 0 Å².